The van der Waals surface area contributed by atoms with Crippen molar-refractivity contribution in [2.45, 2.75) is 47.1 Å². The molecule has 1 N–H and O–H groups in total. The summed E-state index contributed by atoms with van der Waals surface area (Å²) < 4.78 is 0. The van der Waals surface area contributed by atoms with E-state index >= 15 is 0 Å². The van der Waals surface area contributed by atoms with Crippen molar-refractivity contribution in [2.75, 3.05) is 0 Å². The Balaban J connectivity index is 2.90. The molecule has 0 amide bonds. The summed E-state index contributed by atoms with van der Waals surface area (Å²) in [4.78, 5) is 12.1. The molecule has 0 radical (unpaired) electrons. The van der Waals surface area contributed by atoms with Crippen LogP contribution in [0.3, 0.4) is 0 Å². The molecule has 2 nitrogen and oxygen atoms in total. The van der Waals surface area contributed by atoms with E-state index in [1.54, 1.807) is 6.08 Å². The summed E-state index contributed by atoms with van der Waals surface area (Å²) in [6.45, 7) is 9.99. The first-order chi connectivity index (χ1) is 8.26. The van der Waals surface area contributed by atoms with Crippen LogP contribution in [-0.2, 0) is 4.79 Å². The van der Waals surface area contributed by atoms with Crippen molar-refractivity contribution < 1.29 is 9.90 Å². The third-order valence-electron chi connectivity index (χ3n) is 3.50. The van der Waals surface area contributed by atoms with Crippen LogP contribution >= 0.6 is 0 Å². The summed E-state index contributed by atoms with van der Waals surface area (Å²) in [6.07, 6.45) is 7.51. The van der Waals surface area contributed by atoms with Crippen molar-refractivity contribution in [3.8, 4) is 0 Å². The summed E-state index contributed by atoms with van der Waals surface area (Å²) in [7, 11) is 0. The largest absolute Gasteiger partial charge is 0.392 e. The van der Waals surface area contributed by atoms with Crippen molar-refractivity contribution in [3.63, 3.8) is 0 Å². The van der Waals surface area contributed by atoms with Crippen molar-refractivity contribution in [1.82, 2.24) is 0 Å². The molecule has 0 spiro atoms. The van der Waals surface area contributed by atoms with E-state index in [9.17, 15) is 9.90 Å². The molecule has 0 aromatic heterocycles. The molecule has 0 aromatic rings. The molecule has 0 aromatic carbocycles. The SMILES string of the molecule is CC=C(C)C=CC(=O)C1C(C)=CC(C)(C)CC1O. The number of hydrogen-bond donors (Lipinski definition) is 1. The molecular weight excluding hydrogens is 224 g/mol. The van der Waals surface area contributed by atoms with E-state index in [1.165, 1.54) is 0 Å². The number of hydrogen-bond acceptors (Lipinski definition) is 2. The maximum Gasteiger partial charge on any atom is 0.165 e. The van der Waals surface area contributed by atoms with E-state index in [4.69, 9.17) is 0 Å². The molecule has 2 heteroatoms. The highest BCUT2D eigenvalue weighted by molar-refractivity contribution is 5.94. The molecule has 0 saturated heterocycles. The molecule has 2 unspecified atom stereocenters. The molecule has 0 heterocycles. The predicted molar refractivity (Wildman–Crippen MR) is 75.2 cm³/mol. The smallest absolute Gasteiger partial charge is 0.165 e. The van der Waals surface area contributed by atoms with Gasteiger partial charge in [0.1, 0.15) is 0 Å². The number of aliphatic hydroxyl groups is 1. The number of carbonyl (C=O) groups is 1. The topological polar surface area (TPSA) is 37.3 Å². The summed E-state index contributed by atoms with van der Waals surface area (Å²) in [6, 6.07) is 0. The maximum absolute atomic E-state index is 12.1. The first-order valence-corrected chi connectivity index (χ1v) is 6.49. The number of aliphatic hydroxyl groups excluding tert-OH is 1. The summed E-state index contributed by atoms with van der Waals surface area (Å²) >= 11 is 0. The number of carbonyl (C=O) groups excluding carboxylic acids is 1. The van der Waals surface area contributed by atoms with Crippen molar-refractivity contribution >= 4 is 5.78 Å². The van der Waals surface area contributed by atoms with Gasteiger partial charge in [-0.1, -0.05) is 43.2 Å². The van der Waals surface area contributed by atoms with Crippen LogP contribution in [0, 0.1) is 11.3 Å². The molecule has 0 aliphatic heterocycles. The second-order valence-corrected chi connectivity index (χ2v) is 5.89. The maximum atomic E-state index is 12.1. The predicted octanol–water partition coefficient (Wildman–Crippen LogP) is 3.43. The molecule has 1 aliphatic rings. The minimum Gasteiger partial charge on any atom is -0.392 e. The van der Waals surface area contributed by atoms with Gasteiger partial charge in [0, 0.05) is 0 Å². The van der Waals surface area contributed by atoms with Crippen molar-refractivity contribution in [1.29, 1.82) is 0 Å². The minimum atomic E-state index is -0.576. The van der Waals surface area contributed by atoms with E-state index < -0.39 is 6.10 Å². The number of rotatable bonds is 3. The van der Waals surface area contributed by atoms with E-state index in [0.717, 1.165) is 11.1 Å². The van der Waals surface area contributed by atoms with Crippen LogP contribution in [0.2, 0.25) is 0 Å². The molecule has 0 bridgehead atoms. The minimum absolute atomic E-state index is 0.00653. The third kappa shape index (κ3) is 3.67. The highest BCUT2D eigenvalue weighted by Gasteiger charge is 2.35. The molecule has 18 heavy (non-hydrogen) atoms. The Morgan fingerprint density at radius 2 is 2.06 bits per heavy atom. The van der Waals surface area contributed by atoms with Gasteiger partial charge in [-0.3, -0.25) is 4.79 Å². The van der Waals surface area contributed by atoms with Gasteiger partial charge in [-0.15, -0.1) is 0 Å². The van der Waals surface area contributed by atoms with Crippen LogP contribution in [0.15, 0.2) is 35.5 Å². The standard InChI is InChI=1S/C16H24O2/c1-6-11(2)7-8-13(17)15-12(3)9-16(4,5)10-14(15)18/h6-9,14-15,18H,10H2,1-5H3. The van der Waals surface area contributed by atoms with Crippen LogP contribution in [-0.4, -0.2) is 17.0 Å². The van der Waals surface area contributed by atoms with Gasteiger partial charge < -0.3 is 5.11 Å². The van der Waals surface area contributed by atoms with Gasteiger partial charge in [0.2, 0.25) is 0 Å². The molecule has 2 atom stereocenters. The Bertz CT molecular complexity index is 411. The van der Waals surface area contributed by atoms with Crippen molar-refractivity contribution in [3.05, 3.63) is 35.5 Å². The van der Waals surface area contributed by atoms with Gasteiger partial charge in [-0.05, 0) is 38.7 Å². The Labute approximate surface area is 110 Å². The van der Waals surface area contributed by atoms with E-state index in [-0.39, 0.29) is 17.1 Å². The average Bonchev–Trinajstić information content (AvgIpc) is 2.22. The third-order valence-corrected chi connectivity index (χ3v) is 3.50. The molecule has 0 fully saturated rings. The van der Waals surface area contributed by atoms with Crippen LogP contribution < -0.4 is 0 Å². The summed E-state index contributed by atoms with van der Waals surface area (Å²) in [5, 5.41) is 10.2. The Morgan fingerprint density at radius 3 is 2.56 bits per heavy atom. The molecule has 1 rings (SSSR count). The number of ketones is 1. The highest BCUT2D eigenvalue weighted by Crippen LogP contribution is 2.37. The normalized spacial score (nSPS) is 28.3. The summed E-state index contributed by atoms with van der Waals surface area (Å²) in [5.41, 5.74) is 2.01. The number of allylic oxidation sites excluding steroid dienone is 5. The Hall–Kier alpha value is -1.15. The molecule has 0 saturated carbocycles. The lowest BCUT2D eigenvalue weighted by Crippen LogP contribution is -2.36. The van der Waals surface area contributed by atoms with Gasteiger partial charge in [0.25, 0.3) is 0 Å². The molecular formula is C16H24O2. The fourth-order valence-corrected chi connectivity index (χ4v) is 2.55. The highest BCUT2D eigenvalue weighted by atomic mass is 16.3. The van der Waals surface area contributed by atoms with E-state index in [1.807, 2.05) is 32.9 Å². The quantitative estimate of drug-likeness (QED) is 0.472. The fraction of sp³-hybridized carbons (Fsp3) is 0.562. The zero-order chi connectivity index (χ0) is 13.9. The van der Waals surface area contributed by atoms with Gasteiger partial charge in [0.15, 0.2) is 5.78 Å². The lowest BCUT2D eigenvalue weighted by Gasteiger charge is -2.35. The molecule has 100 valence electrons. The molecule has 1 aliphatic carbocycles. The van der Waals surface area contributed by atoms with Crippen LogP contribution in [0.1, 0.15) is 41.0 Å². The second kappa shape index (κ2) is 5.66. The summed E-state index contributed by atoms with van der Waals surface area (Å²) in [5.74, 6) is -0.383. The zero-order valence-corrected chi connectivity index (χ0v) is 12.0. The monoisotopic (exact) mass is 248 g/mol. The lowest BCUT2D eigenvalue weighted by molar-refractivity contribution is -0.120. The van der Waals surface area contributed by atoms with Crippen molar-refractivity contribution in [2.24, 2.45) is 11.3 Å². The van der Waals surface area contributed by atoms with Gasteiger partial charge in [0.05, 0.1) is 12.0 Å². The van der Waals surface area contributed by atoms with Gasteiger partial charge in [-0.2, -0.15) is 0 Å². The fourth-order valence-electron chi connectivity index (χ4n) is 2.55. The average molecular weight is 248 g/mol. The Morgan fingerprint density at radius 1 is 1.44 bits per heavy atom. The van der Waals surface area contributed by atoms with Gasteiger partial charge in [-0.25, -0.2) is 0 Å². The van der Waals surface area contributed by atoms with E-state index in [0.29, 0.717) is 6.42 Å². The van der Waals surface area contributed by atoms with E-state index in [2.05, 4.69) is 19.9 Å². The first kappa shape index (κ1) is 14.9. The lowest BCUT2D eigenvalue weighted by atomic mass is 9.72. The van der Waals surface area contributed by atoms with Crippen LogP contribution in [0.25, 0.3) is 0 Å². The van der Waals surface area contributed by atoms with Crippen LogP contribution in [0.4, 0.5) is 0 Å². The second-order valence-electron chi connectivity index (χ2n) is 5.89. The van der Waals surface area contributed by atoms with Crippen LogP contribution in [0.5, 0.6) is 0 Å². The Kier molecular flexibility index (Phi) is 4.69. The first-order valence-electron chi connectivity index (χ1n) is 6.49. The zero-order valence-electron chi connectivity index (χ0n) is 12.0. The van der Waals surface area contributed by atoms with Gasteiger partial charge >= 0.3 is 0 Å².